The van der Waals surface area contributed by atoms with E-state index in [1.807, 2.05) is 0 Å². The number of para-hydroxylation sites is 3. The highest BCUT2D eigenvalue weighted by Crippen LogP contribution is 2.24. The smallest absolute Gasteiger partial charge is 0.280 e. The van der Waals surface area contributed by atoms with E-state index < -0.39 is 17.2 Å². The maximum Gasteiger partial charge on any atom is 0.280 e. The molecule has 1 N–H and O–H groups in total. The number of carbonyl (C=O) groups is 1. The summed E-state index contributed by atoms with van der Waals surface area (Å²) in [7, 11) is 0. The molecular weight excluding hydrogens is 411 g/mol. The molecule has 0 fully saturated rings. The lowest BCUT2D eigenvalue weighted by Gasteiger charge is -2.19. The third kappa shape index (κ3) is 5.39. The van der Waals surface area contributed by atoms with Crippen molar-refractivity contribution in [1.82, 2.24) is 14.7 Å². The minimum Gasteiger partial charge on any atom is -0.490 e. The fraction of sp³-hybridized carbons (Fsp3) is 0.292. The van der Waals surface area contributed by atoms with Gasteiger partial charge in [-0.05, 0) is 44.3 Å². The molecule has 168 valence electrons. The number of hydrogen-bond donors (Lipinski definition) is 1. The van der Waals surface area contributed by atoms with Crippen LogP contribution in [0.5, 0.6) is 5.75 Å². The number of halogens is 1. The number of anilines is 1. The third-order valence-corrected chi connectivity index (χ3v) is 5.10. The molecule has 0 aliphatic rings. The van der Waals surface area contributed by atoms with Crippen molar-refractivity contribution in [1.29, 1.82) is 0 Å². The molecule has 0 radical (unpaired) electrons. The highest BCUT2D eigenvalue weighted by Gasteiger charge is 2.18. The van der Waals surface area contributed by atoms with Crippen LogP contribution in [0.3, 0.4) is 0 Å². The molecule has 0 saturated carbocycles. The van der Waals surface area contributed by atoms with Crippen LogP contribution in [0.4, 0.5) is 10.1 Å². The minimum absolute atomic E-state index is 0.152. The monoisotopic (exact) mass is 438 g/mol. The number of hydrogen-bond acceptors (Lipinski definition) is 5. The Kier molecular flexibility index (Phi) is 7.72. The lowest BCUT2D eigenvalue weighted by Crippen LogP contribution is -2.28. The first-order valence-corrected chi connectivity index (χ1v) is 10.6. The van der Waals surface area contributed by atoms with Gasteiger partial charge in [0, 0.05) is 18.3 Å². The van der Waals surface area contributed by atoms with Crippen LogP contribution in [0.25, 0.3) is 5.69 Å². The van der Waals surface area contributed by atoms with Crippen LogP contribution < -0.4 is 15.5 Å². The molecule has 0 aliphatic carbocycles. The van der Waals surface area contributed by atoms with Gasteiger partial charge in [0.1, 0.15) is 23.9 Å². The van der Waals surface area contributed by atoms with Crippen molar-refractivity contribution in [3.8, 4) is 11.4 Å². The number of amides is 1. The van der Waals surface area contributed by atoms with Crippen LogP contribution in [0.2, 0.25) is 0 Å². The van der Waals surface area contributed by atoms with Crippen molar-refractivity contribution >= 4 is 11.6 Å². The van der Waals surface area contributed by atoms with E-state index in [2.05, 4.69) is 29.2 Å². The molecule has 8 heteroatoms. The van der Waals surface area contributed by atoms with Crippen LogP contribution in [0, 0.1) is 12.7 Å². The molecule has 3 rings (SSSR count). The molecule has 0 aliphatic heterocycles. The maximum absolute atomic E-state index is 14.3. The van der Waals surface area contributed by atoms with Crippen LogP contribution in [-0.2, 0) is 0 Å². The number of aryl methyl sites for hydroxylation is 1. The first-order chi connectivity index (χ1) is 15.4. The predicted octanol–water partition coefficient (Wildman–Crippen LogP) is 3.65. The Balaban J connectivity index is 1.83. The van der Waals surface area contributed by atoms with E-state index in [1.54, 1.807) is 43.3 Å². The molecule has 1 aromatic heterocycles. The average molecular weight is 439 g/mol. The Bertz CT molecular complexity index is 1140. The number of likely N-dealkylation sites (N-methyl/N-ethyl adjacent to an activating group) is 1. The van der Waals surface area contributed by atoms with E-state index in [-0.39, 0.29) is 11.4 Å². The zero-order chi connectivity index (χ0) is 23.1. The fourth-order valence-corrected chi connectivity index (χ4v) is 3.27. The number of ether oxygens (including phenoxy) is 1. The molecular formula is C24H27FN4O3. The van der Waals surface area contributed by atoms with Crippen molar-refractivity contribution in [2.45, 2.75) is 20.8 Å². The second-order valence-corrected chi connectivity index (χ2v) is 7.19. The predicted molar refractivity (Wildman–Crippen MR) is 122 cm³/mol. The molecule has 2 aromatic carbocycles. The van der Waals surface area contributed by atoms with E-state index in [4.69, 9.17) is 4.74 Å². The second kappa shape index (κ2) is 10.7. The Hall–Kier alpha value is -3.52. The Morgan fingerprint density at radius 3 is 2.53 bits per heavy atom. The third-order valence-electron chi connectivity index (χ3n) is 5.10. The fourth-order valence-electron chi connectivity index (χ4n) is 3.27. The zero-order valence-corrected chi connectivity index (χ0v) is 18.5. The van der Waals surface area contributed by atoms with Crippen molar-refractivity contribution in [3.63, 3.8) is 0 Å². The Morgan fingerprint density at radius 2 is 1.81 bits per heavy atom. The Morgan fingerprint density at radius 1 is 1.12 bits per heavy atom. The summed E-state index contributed by atoms with van der Waals surface area (Å²) in [6, 6.07) is 14.3. The van der Waals surface area contributed by atoms with Gasteiger partial charge in [-0.25, -0.2) is 9.07 Å². The molecule has 0 saturated heterocycles. The number of aromatic nitrogens is 2. The van der Waals surface area contributed by atoms with Gasteiger partial charge >= 0.3 is 0 Å². The largest absolute Gasteiger partial charge is 0.490 e. The van der Waals surface area contributed by atoms with Crippen molar-refractivity contribution < 1.29 is 13.9 Å². The topological polar surface area (TPSA) is 76.5 Å². The molecule has 0 unspecified atom stereocenters. The summed E-state index contributed by atoms with van der Waals surface area (Å²) in [5.41, 5.74) is 0.108. The van der Waals surface area contributed by atoms with Gasteiger partial charge in [-0.3, -0.25) is 9.59 Å². The van der Waals surface area contributed by atoms with Crippen LogP contribution in [-0.4, -0.2) is 46.8 Å². The molecule has 0 bridgehead atoms. The van der Waals surface area contributed by atoms with E-state index >= 15 is 0 Å². The van der Waals surface area contributed by atoms with E-state index in [1.165, 1.54) is 22.9 Å². The number of benzene rings is 2. The maximum atomic E-state index is 14.3. The normalized spacial score (nSPS) is 10.9. The van der Waals surface area contributed by atoms with E-state index in [0.717, 1.165) is 19.6 Å². The molecule has 3 aromatic rings. The van der Waals surface area contributed by atoms with Crippen LogP contribution in [0.1, 0.15) is 30.0 Å². The Labute approximate surface area is 186 Å². The van der Waals surface area contributed by atoms with Gasteiger partial charge in [0.05, 0.1) is 5.69 Å². The molecule has 0 atom stereocenters. The highest BCUT2D eigenvalue weighted by atomic mass is 19.1. The first kappa shape index (κ1) is 23.1. The summed E-state index contributed by atoms with van der Waals surface area (Å²) in [5, 5.41) is 6.84. The summed E-state index contributed by atoms with van der Waals surface area (Å²) in [6.45, 7) is 8.85. The summed E-state index contributed by atoms with van der Waals surface area (Å²) in [5.74, 6) is -0.709. The lowest BCUT2D eigenvalue weighted by atomic mass is 10.2. The molecule has 1 heterocycles. The van der Waals surface area contributed by atoms with E-state index in [9.17, 15) is 14.0 Å². The number of nitrogens with one attached hydrogen (secondary N) is 1. The lowest BCUT2D eigenvalue weighted by molar-refractivity contribution is 0.101. The molecule has 7 nitrogen and oxygen atoms in total. The van der Waals surface area contributed by atoms with Crippen LogP contribution >= 0.6 is 0 Å². The highest BCUT2D eigenvalue weighted by molar-refractivity contribution is 6.03. The van der Waals surface area contributed by atoms with Crippen molar-refractivity contribution in [2.75, 3.05) is 31.6 Å². The van der Waals surface area contributed by atoms with Gasteiger partial charge in [-0.15, -0.1) is 0 Å². The quantitative estimate of drug-likeness (QED) is 0.552. The average Bonchev–Trinajstić information content (AvgIpc) is 2.78. The summed E-state index contributed by atoms with van der Waals surface area (Å²) in [6.07, 6.45) is 0. The standard InChI is InChI=1S/C24H27FN4O3/c1-4-28(5-2)14-15-32-22-13-9-7-11-19(22)26-24(31)23-21(30)16-17(3)29(27-23)20-12-8-6-10-18(20)25/h6-13,16H,4-5,14-15H2,1-3H3,(H,26,31). The van der Waals surface area contributed by atoms with Crippen molar-refractivity contribution in [3.05, 3.63) is 82.0 Å². The number of nitrogens with zero attached hydrogens (tertiary/aromatic N) is 3. The summed E-state index contributed by atoms with van der Waals surface area (Å²) >= 11 is 0. The zero-order valence-electron chi connectivity index (χ0n) is 18.5. The SMILES string of the molecule is CCN(CC)CCOc1ccccc1NC(=O)c1nn(-c2ccccc2F)c(C)cc1=O. The van der Waals surface area contributed by atoms with Gasteiger partial charge < -0.3 is 15.0 Å². The van der Waals surface area contributed by atoms with Gasteiger partial charge in [0.25, 0.3) is 5.91 Å². The van der Waals surface area contributed by atoms with E-state index in [0.29, 0.717) is 23.7 Å². The van der Waals surface area contributed by atoms with Gasteiger partial charge in [-0.2, -0.15) is 5.10 Å². The van der Waals surface area contributed by atoms with Crippen LogP contribution in [0.15, 0.2) is 59.4 Å². The summed E-state index contributed by atoms with van der Waals surface area (Å²) in [4.78, 5) is 27.6. The molecule has 1 amide bonds. The van der Waals surface area contributed by atoms with Crippen molar-refractivity contribution in [2.24, 2.45) is 0 Å². The molecule has 32 heavy (non-hydrogen) atoms. The second-order valence-electron chi connectivity index (χ2n) is 7.19. The minimum atomic E-state index is -0.695. The molecule has 0 spiro atoms. The van der Waals surface area contributed by atoms with Gasteiger partial charge in [-0.1, -0.05) is 38.1 Å². The first-order valence-electron chi connectivity index (χ1n) is 10.6. The van der Waals surface area contributed by atoms with Gasteiger partial charge in [0.15, 0.2) is 5.69 Å². The number of rotatable bonds is 9. The number of carbonyl (C=O) groups excluding carboxylic acids is 1. The van der Waals surface area contributed by atoms with Gasteiger partial charge in [0.2, 0.25) is 5.43 Å². The summed E-state index contributed by atoms with van der Waals surface area (Å²) < 4.78 is 21.4.